The molecule has 0 saturated carbocycles. The van der Waals surface area contributed by atoms with E-state index in [9.17, 15) is 23.1 Å². The van der Waals surface area contributed by atoms with Crippen LogP contribution in [0.15, 0.2) is 18.2 Å². The van der Waals surface area contributed by atoms with E-state index in [0.717, 1.165) is 18.2 Å². The summed E-state index contributed by atoms with van der Waals surface area (Å²) in [5, 5.41) is 10.8. The number of aromatic carboxylic acids is 1. The zero-order chi connectivity index (χ0) is 16.2. The van der Waals surface area contributed by atoms with Crippen molar-refractivity contribution in [2.24, 2.45) is 5.92 Å². The van der Waals surface area contributed by atoms with Crippen molar-refractivity contribution < 1.29 is 37.3 Å². The highest BCUT2D eigenvalue weighted by molar-refractivity contribution is 5.86. The van der Waals surface area contributed by atoms with Crippen LogP contribution in [0.5, 0.6) is 11.5 Å². The number of carboxylic acids is 1. The summed E-state index contributed by atoms with van der Waals surface area (Å²) in [5.41, 5.74) is -0.335. The number of alkyl halides is 3. The Morgan fingerprint density at radius 2 is 1.86 bits per heavy atom. The molecule has 0 fully saturated rings. The van der Waals surface area contributed by atoms with Crippen molar-refractivity contribution in [2.45, 2.75) is 26.5 Å². The van der Waals surface area contributed by atoms with Gasteiger partial charge in [-0.25, -0.2) is 0 Å². The van der Waals surface area contributed by atoms with E-state index in [2.05, 4.69) is 4.74 Å². The standard InChI is InChI=1S/C13H15F3O5/c1-7(2)12(19-3)20-10-6-8(11(17)18)4-5-9(10)21-13(14,15)16/h4-7,12H,1-3H3,(H,17,18)/p-1. The quantitative estimate of drug-likeness (QED) is 0.752. The summed E-state index contributed by atoms with van der Waals surface area (Å²) in [5.74, 6) is -2.78. The van der Waals surface area contributed by atoms with Crippen LogP contribution in [-0.2, 0) is 4.74 Å². The van der Waals surface area contributed by atoms with Gasteiger partial charge in [0.15, 0.2) is 11.5 Å². The maximum atomic E-state index is 12.3. The second-order valence-corrected chi connectivity index (χ2v) is 4.46. The number of ether oxygens (including phenoxy) is 3. The fourth-order valence-electron chi connectivity index (χ4n) is 1.52. The van der Waals surface area contributed by atoms with Crippen molar-refractivity contribution >= 4 is 5.97 Å². The fourth-order valence-corrected chi connectivity index (χ4v) is 1.52. The number of carbonyl (C=O) groups excluding carboxylic acids is 1. The van der Waals surface area contributed by atoms with E-state index < -0.39 is 30.1 Å². The summed E-state index contributed by atoms with van der Waals surface area (Å²) in [6.07, 6.45) is -5.79. The number of hydrogen-bond donors (Lipinski definition) is 0. The zero-order valence-electron chi connectivity index (χ0n) is 11.6. The van der Waals surface area contributed by atoms with Gasteiger partial charge in [-0.3, -0.25) is 0 Å². The van der Waals surface area contributed by atoms with Gasteiger partial charge in [-0.15, -0.1) is 13.2 Å². The largest absolute Gasteiger partial charge is 0.573 e. The van der Waals surface area contributed by atoms with Crippen LogP contribution in [0.1, 0.15) is 24.2 Å². The average Bonchev–Trinajstić information content (AvgIpc) is 2.34. The molecule has 0 aliphatic heterocycles. The molecule has 0 spiro atoms. The molecular weight excluding hydrogens is 293 g/mol. The summed E-state index contributed by atoms with van der Waals surface area (Å²) in [4.78, 5) is 10.8. The lowest BCUT2D eigenvalue weighted by atomic mass is 10.2. The van der Waals surface area contributed by atoms with Crippen molar-refractivity contribution in [1.82, 2.24) is 0 Å². The van der Waals surface area contributed by atoms with E-state index in [4.69, 9.17) is 9.47 Å². The molecule has 1 atom stereocenters. The first-order valence-corrected chi connectivity index (χ1v) is 5.94. The molecule has 1 unspecified atom stereocenters. The van der Waals surface area contributed by atoms with Crippen LogP contribution in [0.3, 0.4) is 0 Å². The Balaban J connectivity index is 3.16. The SMILES string of the molecule is COC(Oc1cc(C(=O)[O-])ccc1OC(F)(F)F)C(C)C. The summed E-state index contributed by atoms with van der Waals surface area (Å²) in [7, 11) is 1.32. The topological polar surface area (TPSA) is 67.8 Å². The van der Waals surface area contributed by atoms with Crippen LogP contribution in [0.4, 0.5) is 13.2 Å². The van der Waals surface area contributed by atoms with Gasteiger partial charge in [0.1, 0.15) is 0 Å². The molecule has 0 N–H and O–H groups in total. The highest BCUT2D eigenvalue weighted by atomic mass is 19.4. The number of halogens is 3. The van der Waals surface area contributed by atoms with Gasteiger partial charge < -0.3 is 24.1 Å². The molecule has 0 bridgehead atoms. The normalized spacial score (nSPS) is 13.1. The van der Waals surface area contributed by atoms with Crippen molar-refractivity contribution in [1.29, 1.82) is 0 Å². The lowest BCUT2D eigenvalue weighted by Gasteiger charge is -2.23. The lowest BCUT2D eigenvalue weighted by Crippen LogP contribution is -2.27. The van der Waals surface area contributed by atoms with Crippen LogP contribution < -0.4 is 14.6 Å². The first kappa shape index (κ1) is 17.1. The number of hydrogen-bond acceptors (Lipinski definition) is 5. The molecule has 0 aliphatic rings. The molecule has 0 aromatic heterocycles. The third-order valence-electron chi connectivity index (χ3n) is 2.42. The van der Waals surface area contributed by atoms with Gasteiger partial charge in [-0.1, -0.05) is 13.8 Å². The number of benzene rings is 1. The highest BCUT2D eigenvalue weighted by Gasteiger charge is 2.33. The first-order valence-electron chi connectivity index (χ1n) is 5.94. The molecule has 8 heteroatoms. The molecule has 1 aromatic rings. The Morgan fingerprint density at radius 3 is 2.29 bits per heavy atom. The Labute approximate surface area is 119 Å². The van der Waals surface area contributed by atoms with Crippen LogP contribution in [-0.4, -0.2) is 25.7 Å². The number of rotatable bonds is 6. The summed E-state index contributed by atoms with van der Waals surface area (Å²) in [6.45, 7) is 3.45. The van der Waals surface area contributed by atoms with Crippen molar-refractivity contribution in [3.63, 3.8) is 0 Å². The second kappa shape index (κ2) is 6.66. The van der Waals surface area contributed by atoms with Gasteiger partial charge in [-0.2, -0.15) is 0 Å². The van der Waals surface area contributed by atoms with Crippen molar-refractivity contribution in [2.75, 3.05) is 7.11 Å². The fraction of sp³-hybridized carbons (Fsp3) is 0.462. The third kappa shape index (κ3) is 5.14. The van der Waals surface area contributed by atoms with Crippen LogP contribution in [0.2, 0.25) is 0 Å². The maximum Gasteiger partial charge on any atom is 0.573 e. The number of methoxy groups -OCH3 is 1. The van der Waals surface area contributed by atoms with Gasteiger partial charge in [0, 0.05) is 18.6 Å². The summed E-state index contributed by atoms with van der Waals surface area (Å²) < 4.78 is 51.0. The van der Waals surface area contributed by atoms with Gasteiger partial charge in [0.25, 0.3) is 0 Å². The zero-order valence-corrected chi connectivity index (χ0v) is 11.6. The minimum atomic E-state index is -4.93. The van der Waals surface area contributed by atoms with E-state index in [1.54, 1.807) is 13.8 Å². The predicted octanol–water partition coefficient (Wildman–Crippen LogP) is 1.96. The molecular formula is C13H14F3O5-. The Hall–Kier alpha value is -1.96. The van der Waals surface area contributed by atoms with Crippen LogP contribution >= 0.6 is 0 Å². The maximum absolute atomic E-state index is 12.3. The molecule has 1 rings (SSSR count). The molecule has 21 heavy (non-hydrogen) atoms. The minimum Gasteiger partial charge on any atom is -0.545 e. The van der Waals surface area contributed by atoms with E-state index in [1.807, 2.05) is 0 Å². The smallest absolute Gasteiger partial charge is 0.545 e. The van der Waals surface area contributed by atoms with E-state index >= 15 is 0 Å². The van der Waals surface area contributed by atoms with Crippen molar-refractivity contribution in [3.8, 4) is 11.5 Å². The Kier molecular flexibility index (Phi) is 5.42. The molecule has 0 amide bonds. The molecule has 5 nitrogen and oxygen atoms in total. The molecule has 118 valence electrons. The lowest BCUT2D eigenvalue weighted by molar-refractivity contribution is -0.275. The van der Waals surface area contributed by atoms with Gasteiger partial charge in [0.2, 0.25) is 6.29 Å². The molecule has 0 saturated heterocycles. The molecule has 1 aromatic carbocycles. The van der Waals surface area contributed by atoms with E-state index in [1.165, 1.54) is 7.11 Å². The summed E-state index contributed by atoms with van der Waals surface area (Å²) in [6, 6.07) is 2.67. The average molecular weight is 307 g/mol. The molecule has 0 heterocycles. The molecule has 0 aliphatic carbocycles. The van der Waals surface area contributed by atoms with Crippen LogP contribution in [0.25, 0.3) is 0 Å². The first-order chi connectivity index (χ1) is 9.64. The van der Waals surface area contributed by atoms with Gasteiger partial charge in [-0.05, 0) is 18.2 Å². The minimum absolute atomic E-state index is 0.180. The summed E-state index contributed by atoms with van der Waals surface area (Å²) >= 11 is 0. The Morgan fingerprint density at radius 1 is 1.24 bits per heavy atom. The van der Waals surface area contributed by atoms with Crippen LogP contribution in [0, 0.1) is 5.92 Å². The highest BCUT2D eigenvalue weighted by Crippen LogP contribution is 2.34. The van der Waals surface area contributed by atoms with Gasteiger partial charge >= 0.3 is 6.36 Å². The van der Waals surface area contributed by atoms with E-state index in [-0.39, 0.29) is 11.5 Å². The number of carboxylic acid groups (broad SMARTS) is 1. The van der Waals surface area contributed by atoms with Crippen molar-refractivity contribution in [3.05, 3.63) is 23.8 Å². The molecule has 0 radical (unpaired) electrons. The van der Waals surface area contributed by atoms with E-state index in [0.29, 0.717) is 0 Å². The number of carbonyl (C=O) groups is 1. The monoisotopic (exact) mass is 307 g/mol. The Bertz CT molecular complexity index is 499. The second-order valence-electron chi connectivity index (χ2n) is 4.46. The van der Waals surface area contributed by atoms with Gasteiger partial charge in [0.05, 0.1) is 5.97 Å². The predicted molar refractivity (Wildman–Crippen MR) is 63.7 cm³/mol. The third-order valence-corrected chi connectivity index (χ3v) is 2.42.